The molecule has 0 radical (unpaired) electrons. The number of hydrogen-bond donors (Lipinski definition) is 1. The lowest BCUT2D eigenvalue weighted by atomic mass is 9.86. The van der Waals surface area contributed by atoms with Gasteiger partial charge in [0.05, 0.1) is 21.3 Å². The number of ether oxygens (including phenoxy) is 5. The van der Waals surface area contributed by atoms with Crippen LogP contribution in [0.3, 0.4) is 0 Å². The van der Waals surface area contributed by atoms with Crippen LogP contribution in [0.15, 0.2) is 60.7 Å². The normalized spacial score (nSPS) is 19.4. The summed E-state index contributed by atoms with van der Waals surface area (Å²) in [7, 11) is 9.34. The van der Waals surface area contributed by atoms with Crippen LogP contribution < -0.4 is 23.7 Å². The van der Waals surface area contributed by atoms with Gasteiger partial charge in [-0.3, -0.25) is 9.80 Å². The number of nitrogens with zero attached hydrogens (tertiary/aromatic N) is 2. The van der Waals surface area contributed by atoms with E-state index in [0.29, 0.717) is 35.2 Å². The smallest absolute Gasteiger partial charge is 0.204 e. The lowest BCUT2D eigenvalue weighted by Gasteiger charge is -2.38. The van der Waals surface area contributed by atoms with E-state index in [4.69, 9.17) is 23.7 Å². The van der Waals surface area contributed by atoms with Gasteiger partial charge in [-0.05, 0) is 98.4 Å². The third-order valence-corrected chi connectivity index (χ3v) is 9.60. The van der Waals surface area contributed by atoms with E-state index < -0.39 is 0 Å². The van der Waals surface area contributed by atoms with Gasteiger partial charge in [0.15, 0.2) is 23.0 Å². The fraction of sp³-hybridized carbons (Fsp3) is 0.351. The quantitative estimate of drug-likeness (QED) is 0.271. The highest BCUT2D eigenvalue weighted by atomic mass is 16.5. The molecule has 4 aliphatic heterocycles. The molecule has 0 saturated carbocycles. The first-order chi connectivity index (χ1) is 21.9. The summed E-state index contributed by atoms with van der Waals surface area (Å²) in [4.78, 5) is 4.74. The number of rotatable bonds is 3. The van der Waals surface area contributed by atoms with Crippen LogP contribution in [0.1, 0.15) is 45.5 Å². The lowest BCUT2D eigenvalue weighted by molar-refractivity contribution is 0.216. The van der Waals surface area contributed by atoms with Crippen LogP contribution in [0.5, 0.6) is 46.0 Å². The summed E-state index contributed by atoms with van der Waals surface area (Å²) >= 11 is 0. The molecule has 4 aromatic carbocycles. The van der Waals surface area contributed by atoms with Crippen LogP contribution in [-0.4, -0.2) is 63.4 Å². The molecular formula is C37H40N2O6. The zero-order valence-corrected chi connectivity index (χ0v) is 26.6. The molecule has 8 nitrogen and oxygen atoms in total. The number of benzene rings is 4. The highest BCUT2D eigenvalue weighted by Gasteiger charge is 2.35. The predicted molar refractivity (Wildman–Crippen MR) is 173 cm³/mol. The van der Waals surface area contributed by atoms with Crippen LogP contribution in [0, 0.1) is 0 Å². The second kappa shape index (κ2) is 11.8. The van der Waals surface area contributed by atoms with Crippen LogP contribution in [0.2, 0.25) is 0 Å². The molecule has 0 saturated heterocycles. The fourth-order valence-electron chi connectivity index (χ4n) is 7.20. The molecule has 4 bridgehead atoms. The molecule has 4 aromatic rings. The molecule has 45 heavy (non-hydrogen) atoms. The van der Waals surface area contributed by atoms with Gasteiger partial charge in [0, 0.05) is 42.4 Å². The minimum absolute atomic E-state index is 0.00154. The first-order valence-corrected chi connectivity index (χ1v) is 15.5. The number of methoxy groups -OCH3 is 3. The Balaban J connectivity index is 1.50. The summed E-state index contributed by atoms with van der Waals surface area (Å²) < 4.78 is 31.1. The van der Waals surface area contributed by atoms with Crippen molar-refractivity contribution in [2.75, 3.05) is 48.5 Å². The summed E-state index contributed by atoms with van der Waals surface area (Å²) in [6.07, 6.45) is 3.12. The molecule has 4 aliphatic rings. The van der Waals surface area contributed by atoms with Gasteiger partial charge in [0.1, 0.15) is 17.2 Å². The summed E-state index contributed by atoms with van der Waals surface area (Å²) in [5, 5.41) is 11.1. The number of fused-ring (bicyclic) bond motifs is 2. The minimum atomic E-state index is -0.00239. The van der Waals surface area contributed by atoms with E-state index in [1.807, 2.05) is 36.4 Å². The summed E-state index contributed by atoms with van der Waals surface area (Å²) in [6, 6.07) is 20.0. The van der Waals surface area contributed by atoms with Gasteiger partial charge in [-0.25, -0.2) is 0 Å². The van der Waals surface area contributed by atoms with Crippen molar-refractivity contribution in [2.45, 2.75) is 37.8 Å². The summed E-state index contributed by atoms with van der Waals surface area (Å²) in [5.41, 5.74) is 6.69. The number of aromatic hydroxyl groups is 1. The molecule has 2 unspecified atom stereocenters. The van der Waals surface area contributed by atoms with Gasteiger partial charge < -0.3 is 28.8 Å². The molecule has 0 spiro atoms. The molecule has 8 rings (SSSR count). The average molecular weight is 609 g/mol. The van der Waals surface area contributed by atoms with E-state index >= 15 is 0 Å². The first kappa shape index (κ1) is 29.3. The van der Waals surface area contributed by atoms with Crippen LogP contribution in [-0.2, 0) is 25.7 Å². The largest absolute Gasteiger partial charge is 0.504 e. The highest BCUT2D eigenvalue weighted by Crippen LogP contribution is 2.52. The third kappa shape index (κ3) is 5.32. The predicted octanol–water partition coefficient (Wildman–Crippen LogP) is 6.86. The Morgan fingerprint density at radius 1 is 0.711 bits per heavy atom. The van der Waals surface area contributed by atoms with Crippen molar-refractivity contribution < 1.29 is 28.8 Å². The summed E-state index contributed by atoms with van der Waals surface area (Å²) in [5.74, 6) is 4.61. The molecule has 0 fully saturated rings. The second-order valence-electron chi connectivity index (χ2n) is 12.3. The number of phenolic OH excluding ortho intramolecular Hbond substituents is 1. The van der Waals surface area contributed by atoms with E-state index in [1.165, 1.54) is 11.1 Å². The number of hydrogen-bond acceptors (Lipinski definition) is 8. The zero-order chi connectivity index (χ0) is 31.2. The van der Waals surface area contributed by atoms with Gasteiger partial charge in [-0.15, -0.1) is 0 Å². The molecular weight excluding hydrogens is 568 g/mol. The Labute approximate surface area is 264 Å². The monoisotopic (exact) mass is 608 g/mol. The molecule has 0 amide bonds. The zero-order valence-electron chi connectivity index (χ0n) is 26.6. The van der Waals surface area contributed by atoms with Gasteiger partial charge in [0.2, 0.25) is 5.75 Å². The van der Waals surface area contributed by atoms with Gasteiger partial charge in [-0.1, -0.05) is 18.2 Å². The SMILES string of the molecule is COc1cc2c3c(c1)Oc1c(OC)c(OC)cc4c1C(Cc1cccc(c1)Oc1ccc(cc1O)CC3N(C)CC2)N(C)CC4. The Morgan fingerprint density at radius 2 is 1.42 bits per heavy atom. The standard InChI is InChI=1S/C37H40N2O6/c1-38-13-11-24-19-27(41-3)21-32-34(24)28(38)17-23-9-10-31(30(40)18-23)44-26-8-6-7-22(15-26)16-29-35-25(12-14-39(29)2)20-33(42-4)36(43-5)37(35)45-32/h6-10,15,18-21,28-29,40H,11-14,16-17H2,1-5H3. The average Bonchev–Trinajstić information content (AvgIpc) is 3.04. The van der Waals surface area contributed by atoms with Gasteiger partial charge in [0.25, 0.3) is 0 Å². The number of likely N-dealkylation sites (N-methyl/N-ethyl adjacent to an activating group) is 2. The van der Waals surface area contributed by atoms with Crippen molar-refractivity contribution in [1.29, 1.82) is 0 Å². The molecule has 4 heterocycles. The van der Waals surface area contributed by atoms with E-state index in [2.05, 4.69) is 48.2 Å². The fourth-order valence-corrected chi connectivity index (χ4v) is 7.20. The Bertz CT molecular complexity index is 1750. The maximum absolute atomic E-state index is 11.1. The molecule has 0 aliphatic carbocycles. The number of phenols is 1. The maximum atomic E-state index is 11.1. The lowest BCUT2D eigenvalue weighted by Crippen LogP contribution is -2.34. The van der Waals surface area contributed by atoms with Crippen LogP contribution >= 0.6 is 0 Å². The van der Waals surface area contributed by atoms with Gasteiger partial charge in [-0.2, -0.15) is 0 Å². The Kier molecular flexibility index (Phi) is 7.71. The van der Waals surface area contributed by atoms with Crippen molar-refractivity contribution in [3.8, 4) is 46.0 Å². The Morgan fingerprint density at radius 3 is 2.11 bits per heavy atom. The van der Waals surface area contributed by atoms with E-state index in [9.17, 15) is 5.11 Å². The van der Waals surface area contributed by atoms with Crippen molar-refractivity contribution in [3.05, 3.63) is 94.0 Å². The van der Waals surface area contributed by atoms with Crippen molar-refractivity contribution in [2.24, 2.45) is 0 Å². The second-order valence-corrected chi connectivity index (χ2v) is 12.3. The third-order valence-electron chi connectivity index (χ3n) is 9.60. The topological polar surface area (TPSA) is 72.9 Å². The highest BCUT2D eigenvalue weighted by molar-refractivity contribution is 5.63. The van der Waals surface area contributed by atoms with Crippen LogP contribution in [0.4, 0.5) is 0 Å². The molecule has 1 N–H and O–H groups in total. The first-order valence-electron chi connectivity index (χ1n) is 15.5. The molecule has 234 valence electrons. The van der Waals surface area contributed by atoms with E-state index in [0.717, 1.165) is 66.1 Å². The summed E-state index contributed by atoms with van der Waals surface area (Å²) in [6.45, 7) is 1.78. The maximum Gasteiger partial charge on any atom is 0.204 e. The minimum Gasteiger partial charge on any atom is -0.504 e. The van der Waals surface area contributed by atoms with E-state index in [1.54, 1.807) is 21.3 Å². The molecule has 8 heteroatoms. The van der Waals surface area contributed by atoms with Crippen molar-refractivity contribution >= 4 is 0 Å². The van der Waals surface area contributed by atoms with Crippen LogP contribution in [0.25, 0.3) is 0 Å². The van der Waals surface area contributed by atoms with Crippen molar-refractivity contribution in [1.82, 2.24) is 9.80 Å². The Hall–Kier alpha value is -4.40. The van der Waals surface area contributed by atoms with E-state index in [-0.39, 0.29) is 17.8 Å². The molecule has 0 aromatic heterocycles. The van der Waals surface area contributed by atoms with Gasteiger partial charge >= 0.3 is 0 Å². The van der Waals surface area contributed by atoms with Crippen molar-refractivity contribution in [3.63, 3.8) is 0 Å². The molecule has 2 atom stereocenters.